The summed E-state index contributed by atoms with van der Waals surface area (Å²) in [7, 11) is 1.97. The van der Waals surface area contributed by atoms with E-state index in [1.165, 1.54) is 10.8 Å². The molecule has 0 bridgehead atoms. The van der Waals surface area contributed by atoms with E-state index in [1.807, 2.05) is 24.1 Å². The van der Waals surface area contributed by atoms with Crippen molar-refractivity contribution in [3.8, 4) is 0 Å². The second kappa shape index (κ2) is 6.27. The van der Waals surface area contributed by atoms with Crippen LogP contribution in [0.4, 0.5) is 0 Å². The first-order valence-electron chi connectivity index (χ1n) is 7.69. The van der Waals surface area contributed by atoms with Gasteiger partial charge in [-0.3, -0.25) is 4.79 Å². The Balaban J connectivity index is 1.70. The molecule has 0 aliphatic carbocycles. The molecule has 1 N–H and O–H groups in total. The van der Waals surface area contributed by atoms with E-state index >= 15 is 0 Å². The fraction of sp³-hybridized carbons (Fsp3) is 0.389. The van der Waals surface area contributed by atoms with Crippen molar-refractivity contribution in [1.82, 2.24) is 10.2 Å². The van der Waals surface area contributed by atoms with Crippen LogP contribution in [0.25, 0.3) is 10.8 Å². The number of rotatable bonds is 3. The van der Waals surface area contributed by atoms with Crippen LogP contribution in [-0.2, 0) is 11.2 Å². The Morgan fingerprint density at radius 3 is 2.86 bits per heavy atom. The predicted molar refractivity (Wildman–Crippen MR) is 86.3 cm³/mol. The van der Waals surface area contributed by atoms with Crippen LogP contribution in [0, 0.1) is 0 Å². The molecule has 1 amide bonds. The van der Waals surface area contributed by atoms with E-state index in [-0.39, 0.29) is 5.91 Å². The van der Waals surface area contributed by atoms with Gasteiger partial charge in [0.1, 0.15) is 0 Å². The smallest absolute Gasteiger partial charge is 0.227 e. The highest BCUT2D eigenvalue weighted by atomic mass is 16.2. The van der Waals surface area contributed by atoms with E-state index in [4.69, 9.17) is 0 Å². The van der Waals surface area contributed by atoms with Gasteiger partial charge in [-0.2, -0.15) is 0 Å². The van der Waals surface area contributed by atoms with Crippen molar-refractivity contribution in [2.45, 2.75) is 25.3 Å². The zero-order valence-corrected chi connectivity index (χ0v) is 12.5. The molecule has 1 saturated heterocycles. The van der Waals surface area contributed by atoms with Gasteiger partial charge in [-0.15, -0.1) is 0 Å². The summed E-state index contributed by atoms with van der Waals surface area (Å²) in [4.78, 5) is 14.5. The van der Waals surface area contributed by atoms with Crippen molar-refractivity contribution in [2.75, 3.05) is 20.1 Å². The lowest BCUT2D eigenvalue weighted by molar-refractivity contribution is -0.131. The average Bonchev–Trinajstić information content (AvgIpc) is 2.54. The summed E-state index contributed by atoms with van der Waals surface area (Å²) in [6.07, 6.45) is 2.76. The molecule has 3 heteroatoms. The fourth-order valence-corrected chi connectivity index (χ4v) is 3.07. The molecule has 110 valence electrons. The molecule has 1 fully saturated rings. The number of benzene rings is 2. The number of fused-ring (bicyclic) bond motifs is 1. The summed E-state index contributed by atoms with van der Waals surface area (Å²) >= 11 is 0. The lowest BCUT2D eigenvalue weighted by Crippen LogP contribution is -2.47. The number of likely N-dealkylation sites (N-methyl/N-ethyl adjacent to an activating group) is 1. The first kappa shape index (κ1) is 14.1. The number of amides is 1. The Morgan fingerprint density at radius 2 is 2.05 bits per heavy atom. The largest absolute Gasteiger partial charge is 0.341 e. The number of hydrogen-bond donors (Lipinski definition) is 1. The minimum atomic E-state index is 0.241. The van der Waals surface area contributed by atoms with Crippen molar-refractivity contribution in [2.24, 2.45) is 0 Å². The maximum absolute atomic E-state index is 12.5. The maximum Gasteiger partial charge on any atom is 0.227 e. The van der Waals surface area contributed by atoms with Crippen LogP contribution in [-0.4, -0.2) is 37.0 Å². The number of nitrogens with zero attached hydrogens (tertiary/aromatic N) is 1. The third-order valence-corrected chi connectivity index (χ3v) is 4.35. The van der Waals surface area contributed by atoms with Crippen LogP contribution in [0.15, 0.2) is 42.5 Å². The number of piperidine rings is 1. The molecule has 2 aromatic carbocycles. The fourth-order valence-electron chi connectivity index (χ4n) is 3.07. The van der Waals surface area contributed by atoms with Crippen molar-refractivity contribution >= 4 is 16.7 Å². The molecule has 3 rings (SSSR count). The van der Waals surface area contributed by atoms with Gasteiger partial charge in [-0.05, 0) is 36.2 Å². The quantitative estimate of drug-likeness (QED) is 0.938. The van der Waals surface area contributed by atoms with Gasteiger partial charge < -0.3 is 10.2 Å². The molecule has 1 aliphatic rings. The molecule has 0 saturated carbocycles. The van der Waals surface area contributed by atoms with Gasteiger partial charge in [0.05, 0.1) is 6.42 Å². The number of likely N-dealkylation sites (tertiary alicyclic amines) is 1. The van der Waals surface area contributed by atoms with E-state index in [0.29, 0.717) is 12.5 Å². The lowest BCUT2D eigenvalue weighted by Gasteiger charge is -2.32. The van der Waals surface area contributed by atoms with Gasteiger partial charge in [0.25, 0.3) is 0 Å². The van der Waals surface area contributed by atoms with Gasteiger partial charge in [0.2, 0.25) is 5.91 Å². The van der Waals surface area contributed by atoms with E-state index in [1.54, 1.807) is 0 Å². The summed E-state index contributed by atoms with van der Waals surface area (Å²) in [5.41, 5.74) is 1.10. The molecular formula is C18H22N2O. The van der Waals surface area contributed by atoms with Crippen LogP contribution in [0.5, 0.6) is 0 Å². The molecule has 1 heterocycles. The summed E-state index contributed by atoms with van der Waals surface area (Å²) in [6.45, 7) is 1.73. The second-order valence-electron chi connectivity index (χ2n) is 5.83. The van der Waals surface area contributed by atoms with E-state index in [0.717, 1.165) is 31.5 Å². The molecule has 0 spiro atoms. The van der Waals surface area contributed by atoms with Crippen molar-refractivity contribution < 1.29 is 4.79 Å². The van der Waals surface area contributed by atoms with Crippen LogP contribution in [0.2, 0.25) is 0 Å². The number of carbonyl (C=O) groups is 1. The lowest BCUT2D eigenvalue weighted by atomic mass is 10.0. The first-order chi connectivity index (χ1) is 10.3. The van der Waals surface area contributed by atoms with Crippen molar-refractivity contribution in [3.63, 3.8) is 0 Å². The summed E-state index contributed by atoms with van der Waals surface area (Å²) < 4.78 is 0. The monoisotopic (exact) mass is 282 g/mol. The van der Waals surface area contributed by atoms with E-state index in [9.17, 15) is 4.79 Å². The molecule has 2 aromatic rings. The molecule has 21 heavy (non-hydrogen) atoms. The van der Waals surface area contributed by atoms with Crippen LogP contribution in [0.3, 0.4) is 0 Å². The first-order valence-corrected chi connectivity index (χ1v) is 7.69. The predicted octanol–water partition coefficient (Wildman–Crippen LogP) is 2.59. The molecular weight excluding hydrogens is 260 g/mol. The van der Waals surface area contributed by atoms with Gasteiger partial charge in [-0.1, -0.05) is 42.5 Å². The third kappa shape index (κ3) is 3.24. The Kier molecular flexibility index (Phi) is 4.20. The van der Waals surface area contributed by atoms with Crippen molar-refractivity contribution in [3.05, 3.63) is 48.0 Å². The highest BCUT2D eigenvalue weighted by molar-refractivity contribution is 5.85. The zero-order chi connectivity index (χ0) is 14.7. The normalized spacial score (nSPS) is 18.9. The Hall–Kier alpha value is -1.87. The average molecular weight is 282 g/mol. The SMILES string of the molecule is CNC1CCCN(C(=O)Cc2ccc3ccccc3c2)C1. The zero-order valence-electron chi connectivity index (χ0n) is 12.5. The summed E-state index contributed by atoms with van der Waals surface area (Å²) in [6, 6.07) is 15.0. The van der Waals surface area contributed by atoms with Gasteiger partial charge >= 0.3 is 0 Å². The number of nitrogens with one attached hydrogen (secondary N) is 1. The van der Waals surface area contributed by atoms with Gasteiger partial charge in [0, 0.05) is 19.1 Å². The Labute approximate surface area is 125 Å². The van der Waals surface area contributed by atoms with Gasteiger partial charge in [-0.25, -0.2) is 0 Å². The number of hydrogen-bond acceptors (Lipinski definition) is 2. The molecule has 0 aromatic heterocycles. The van der Waals surface area contributed by atoms with E-state index < -0.39 is 0 Å². The molecule has 1 unspecified atom stereocenters. The minimum Gasteiger partial charge on any atom is -0.341 e. The minimum absolute atomic E-state index is 0.241. The Bertz CT molecular complexity index is 638. The molecule has 3 nitrogen and oxygen atoms in total. The summed E-state index contributed by atoms with van der Waals surface area (Å²) in [5.74, 6) is 0.241. The highest BCUT2D eigenvalue weighted by Gasteiger charge is 2.22. The van der Waals surface area contributed by atoms with E-state index in [2.05, 4.69) is 35.6 Å². The van der Waals surface area contributed by atoms with Crippen molar-refractivity contribution in [1.29, 1.82) is 0 Å². The second-order valence-corrected chi connectivity index (χ2v) is 5.83. The third-order valence-electron chi connectivity index (χ3n) is 4.35. The molecule has 1 atom stereocenters. The Morgan fingerprint density at radius 1 is 1.24 bits per heavy atom. The topological polar surface area (TPSA) is 32.3 Å². The van der Waals surface area contributed by atoms with Crippen LogP contribution < -0.4 is 5.32 Å². The van der Waals surface area contributed by atoms with Crippen LogP contribution >= 0.6 is 0 Å². The maximum atomic E-state index is 12.5. The molecule has 1 aliphatic heterocycles. The molecule has 0 radical (unpaired) electrons. The standard InChI is InChI=1S/C18H22N2O/c1-19-17-7-4-10-20(13-17)18(21)12-14-8-9-15-5-2-3-6-16(15)11-14/h2-3,5-6,8-9,11,17,19H,4,7,10,12-13H2,1H3. The highest BCUT2D eigenvalue weighted by Crippen LogP contribution is 2.17. The van der Waals surface area contributed by atoms with Crippen LogP contribution in [0.1, 0.15) is 18.4 Å². The summed E-state index contributed by atoms with van der Waals surface area (Å²) in [5, 5.41) is 5.71. The number of carbonyl (C=O) groups excluding carboxylic acids is 1. The van der Waals surface area contributed by atoms with Gasteiger partial charge in [0.15, 0.2) is 0 Å².